The van der Waals surface area contributed by atoms with Gasteiger partial charge in [0.25, 0.3) is 5.91 Å². The average Bonchev–Trinajstić information content (AvgIpc) is 2.86. The predicted octanol–water partition coefficient (Wildman–Crippen LogP) is 2.36. The van der Waals surface area contributed by atoms with E-state index in [4.69, 9.17) is 15.6 Å². The van der Waals surface area contributed by atoms with Gasteiger partial charge in [0.05, 0.1) is 33.7 Å². The van der Waals surface area contributed by atoms with E-state index in [2.05, 4.69) is 17.6 Å². The van der Waals surface area contributed by atoms with Crippen LogP contribution in [0.1, 0.15) is 37.8 Å². The summed E-state index contributed by atoms with van der Waals surface area (Å²) in [5.74, 6) is -0.284. The molecule has 0 aliphatic rings. The van der Waals surface area contributed by atoms with Crippen LogP contribution in [-0.4, -0.2) is 80.3 Å². The van der Waals surface area contributed by atoms with Gasteiger partial charge in [-0.05, 0) is 53.6 Å². The number of nitrogens with zero attached hydrogens (tertiary/aromatic N) is 1. The van der Waals surface area contributed by atoms with Crippen molar-refractivity contribution in [3.05, 3.63) is 53.6 Å². The molecular formula is C29H43N4O5+. The van der Waals surface area contributed by atoms with Crippen LogP contribution in [0.5, 0.6) is 5.75 Å². The van der Waals surface area contributed by atoms with Crippen molar-refractivity contribution in [2.75, 3.05) is 46.9 Å². The van der Waals surface area contributed by atoms with Crippen molar-refractivity contribution in [1.29, 1.82) is 0 Å². The highest BCUT2D eigenvalue weighted by atomic mass is 16.5. The van der Waals surface area contributed by atoms with E-state index in [1.54, 1.807) is 0 Å². The predicted molar refractivity (Wildman–Crippen MR) is 149 cm³/mol. The Morgan fingerprint density at radius 3 is 2.32 bits per heavy atom. The third kappa shape index (κ3) is 10.5. The first-order valence-electron chi connectivity index (χ1n) is 13.2. The number of quaternary nitrogens is 1. The largest absolute Gasteiger partial charge is 0.492 e. The number of benzene rings is 2. The lowest BCUT2D eigenvalue weighted by molar-refractivity contribution is -0.881. The van der Waals surface area contributed by atoms with Crippen molar-refractivity contribution >= 4 is 17.8 Å². The summed E-state index contributed by atoms with van der Waals surface area (Å²) in [4.78, 5) is 35.0. The summed E-state index contributed by atoms with van der Waals surface area (Å²) in [6, 6.07) is 12.8. The molecular weight excluding hydrogens is 484 g/mol. The number of carbonyl (C=O) groups is 3. The maximum absolute atomic E-state index is 12.4. The number of ether oxygens (including phenoxy) is 1. The van der Waals surface area contributed by atoms with Gasteiger partial charge in [-0.1, -0.05) is 44.2 Å². The van der Waals surface area contributed by atoms with E-state index in [9.17, 15) is 14.4 Å². The topological polar surface area (TPSA) is 131 Å². The van der Waals surface area contributed by atoms with Gasteiger partial charge in [-0.3, -0.25) is 14.4 Å². The molecule has 0 aliphatic heterocycles. The van der Waals surface area contributed by atoms with Crippen LogP contribution in [0.25, 0.3) is 11.1 Å². The van der Waals surface area contributed by atoms with Crippen molar-refractivity contribution in [2.24, 2.45) is 5.73 Å². The Bertz CT molecular complexity index is 1070. The average molecular weight is 528 g/mol. The summed E-state index contributed by atoms with van der Waals surface area (Å²) in [5, 5.41) is 14.8. The number of nitrogens with one attached hydrogen (secondary N) is 2. The Morgan fingerprint density at radius 2 is 1.68 bits per heavy atom. The second-order valence-corrected chi connectivity index (χ2v) is 10.1. The lowest BCUT2D eigenvalue weighted by Crippen LogP contribution is -2.51. The Balaban J connectivity index is 1.82. The fourth-order valence-electron chi connectivity index (χ4n) is 4.09. The Kier molecular flexibility index (Phi) is 12.2. The summed E-state index contributed by atoms with van der Waals surface area (Å²) in [5.41, 5.74) is 9.78. The van der Waals surface area contributed by atoms with Gasteiger partial charge in [0, 0.05) is 6.42 Å². The van der Waals surface area contributed by atoms with Gasteiger partial charge >= 0.3 is 5.97 Å². The van der Waals surface area contributed by atoms with Crippen LogP contribution in [0.2, 0.25) is 0 Å². The first-order valence-corrected chi connectivity index (χ1v) is 13.2. The fraction of sp³-hybridized carbons (Fsp3) is 0.483. The highest BCUT2D eigenvalue weighted by molar-refractivity contribution is 5.77. The third-order valence-electron chi connectivity index (χ3n) is 6.28. The second kappa shape index (κ2) is 15.1. The number of hydrogen-bond acceptors (Lipinski definition) is 5. The minimum atomic E-state index is -1.01. The summed E-state index contributed by atoms with van der Waals surface area (Å²) in [6.07, 6.45) is 2.45. The molecule has 9 nitrogen and oxygen atoms in total. The third-order valence-corrected chi connectivity index (χ3v) is 6.28. The molecule has 5 N–H and O–H groups in total. The molecule has 0 bridgehead atoms. The normalized spacial score (nSPS) is 12.0. The summed E-state index contributed by atoms with van der Waals surface area (Å²) in [6.45, 7) is 6.34. The van der Waals surface area contributed by atoms with Gasteiger partial charge in [-0.15, -0.1) is 0 Å². The molecule has 0 heterocycles. The second-order valence-electron chi connectivity index (χ2n) is 10.1. The molecule has 0 saturated heterocycles. The standard InChI is InChI=1S/C29H42N4O5/c1-5-7-27(34)31-14-16-33(3,4)20-28(35)32-15-17-38-24-12-13-25(22(6-2)19-24)23-10-8-21(9-11-23)18-26(30)29(36)37/h8-13,19,26H,5-7,14-18,20,30H2,1-4H3,(H2-,31,32,34,35,36,37)/p+1/t26-/m0/s1. The van der Waals surface area contributed by atoms with E-state index < -0.39 is 12.0 Å². The molecule has 38 heavy (non-hydrogen) atoms. The molecule has 9 heteroatoms. The Hall–Kier alpha value is -3.43. The number of aryl methyl sites for hydroxylation is 1. The van der Waals surface area contributed by atoms with Crippen LogP contribution in [0.4, 0.5) is 0 Å². The quantitative estimate of drug-likeness (QED) is 0.196. The zero-order valence-corrected chi connectivity index (χ0v) is 23.1. The molecule has 2 amide bonds. The number of hydrogen-bond donors (Lipinski definition) is 4. The maximum Gasteiger partial charge on any atom is 0.320 e. The monoisotopic (exact) mass is 527 g/mol. The molecule has 2 rings (SSSR count). The zero-order valence-electron chi connectivity index (χ0n) is 23.1. The molecule has 0 aliphatic carbocycles. The first-order chi connectivity index (χ1) is 18.0. The number of carboxylic acids is 1. The van der Waals surface area contributed by atoms with Crippen molar-refractivity contribution in [3.63, 3.8) is 0 Å². The molecule has 2 aromatic rings. The fourth-order valence-corrected chi connectivity index (χ4v) is 4.09. The molecule has 0 unspecified atom stereocenters. The summed E-state index contributed by atoms with van der Waals surface area (Å²) >= 11 is 0. The van der Waals surface area contributed by atoms with Crippen LogP contribution in [0, 0.1) is 0 Å². The molecule has 2 aromatic carbocycles. The minimum absolute atomic E-state index is 0.0458. The van der Waals surface area contributed by atoms with Gasteiger partial charge in [0.1, 0.15) is 18.4 Å². The maximum atomic E-state index is 12.4. The van der Waals surface area contributed by atoms with E-state index in [1.165, 1.54) is 0 Å². The summed E-state index contributed by atoms with van der Waals surface area (Å²) < 4.78 is 6.36. The van der Waals surface area contributed by atoms with Crippen LogP contribution in [0.3, 0.4) is 0 Å². The highest BCUT2D eigenvalue weighted by Gasteiger charge is 2.20. The number of amides is 2. The van der Waals surface area contributed by atoms with Crippen LogP contribution in [0.15, 0.2) is 42.5 Å². The SMILES string of the molecule is CCCC(=O)NCC[N+](C)(C)CC(=O)NCCOc1ccc(-c2ccc(C[C@H](N)C(=O)O)cc2)c(CC)c1. The minimum Gasteiger partial charge on any atom is -0.492 e. The van der Waals surface area contributed by atoms with Crippen LogP contribution < -0.4 is 21.1 Å². The van der Waals surface area contributed by atoms with Crippen molar-refractivity contribution in [3.8, 4) is 16.9 Å². The van der Waals surface area contributed by atoms with Gasteiger partial charge in [0.2, 0.25) is 5.91 Å². The molecule has 0 aromatic heterocycles. The van der Waals surface area contributed by atoms with E-state index >= 15 is 0 Å². The van der Waals surface area contributed by atoms with Crippen molar-refractivity contribution in [1.82, 2.24) is 10.6 Å². The molecule has 1 atom stereocenters. The van der Waals surface area contributed by atoms with Gasteiger partial charge in [-0.25, -0.2) is 0 Å². The highest BCUT2D eigenvalue weighted by Crippen LogP contribution is 2.28. The van der Waals surface area contributed by atoms with E-state index in [0.29, 0.717) is 43.7 Å². The smallest absolute Gasteiger partial charge is 0.320 e. The number of aliphatic carboxylic acids is 1. The molecule has 0 saturated carbocycles. The van der Waals surface area contributed by atoms with E-state index in [1.807, 2.05) is 63.5 Å². The van der Waals surface area contributed by atoms with E-state index in [0.717, 1.165) is 40.8 Å². The Morgan fingerprint density at radius 1 is 1.00 bits per heavy atom. The first kappa shape index (κ1) is 30.8. The van der Waals surface area contributed by atoms with Gasteiger partial charge in [-0.2, -0.15) is 0 Å². The van der Waals surface area contributed by atoms with Crippen molar-refractivity contribution in [2.45, 2.75) is 45.6 Å². The molecule has 0 radical (unpaired) electrons. The van der Waals surface area contributed by atoms with Crippen LogP contribution in [-0.2, 0) is 27.2 Å². The number of carbonyl (C=O) groups excluding carboxylic acids is 2. The lowest BCUT2D eigenvalue weighted by atomic mass is 9.96. The lowest BCUT2D eigenvalue weighted by Gasteiger charge is -2.29. The van der Waals surface area contributed by atoms with Gasteiger partial charge < -0.3 is 30.7 Å². The zero-order chi connectivity index (χ0) is 28.1. The van der Waals surface area contributed by atoms with Crippen LogP contribution >= 0.6 is 0 Å². The number of rotatable bonds is 16. The molecule has 0 spiro atoms. The Labute approximate surface area is 225 Å². The van der Waals surface area contributed by atoms with E-state index in [-0.39, 0.29) is 18.2 Å². The molecule has 208 valence electrons. The number of likely N-dealkylation sites (N-methyl/N-ethyl adjacent to an activating group) is 1. The number of carboxylic acid groups (broad SMARTS) is 1. The number of nitrogens with two attached hydrogens (primary N) is 1. The molecule has 0 fully saturated rings. The van der Waals surface area contributed by atoms with Gasteiger partial charge in [0.15, 0.2) is 6.54 Å². The summed E-state index contributed by atoms with van der Waals surface area (Å²) in [7, 11) is 3.93. The van der Waals surface area contributed by atoms with Crippen molar-refractivity contribution < 1.29 is 28.7 Å².